The van der Waals surface area contributed by atoms with Gasteiger partial charge in [-0.25, -0.2) is 0 Å². The summed E-state index contributed by atoms with van der Waals surface area (Å²) < 4.78 is 0. The number of allylic oxidation sites excluding steroid dienone is 2. The zero-order valence-corrected chi connectivity index (χ0v) is 4.26. The fourth-order valence-electron chi connectivity index (χ4n) is 0.0786. The number of carbonyl (C=O) groups is 2. The van der Waals surface area contributed by atoms with Crippen molar-refractivity contribution in [2.24, 2.45) is 0 Å². The van der Waals surface area contributed by atoms with Crippen LogP contribution >= 0.6 is 0 Å². The first kappa shape index (κ1) is 9.43. The maximum atomic E-state index is 9.32. The Morgan fingerprint density at radius 3 is 1.86 bits per heavy atom. The van der Waals surface area contributed by atoms with Crippen LogP contribution in [0.3, 0.4) is 0 Å². The van der Waals surface area contributed by atoms with E-state index in [1.807, 2.05) is 6.79 Å². The van der Waals surface area contributed by atoms with E-state index in [1.54, 1.807) is 13.0 Å². The molecule has 0 atom stereocenters. The molecule has 0 heterocycles. The van der Waals surface area contributed by atoms with E-state index in [0.29, 0.717) is 0 Å². The summed E-state index contributed by atoms with van der Waals surface area (Å²) in [5, 5.41) is 0. The Balaban J connectivity index is 0. The van der Waals surface area contributed by atoms with Gasteiger partial charge in [0.1, 0.15) is 13.1 Å². The molecule has 0 saturated heterocycles. The fraction of sp³-hybridized carbons (Fsp3) is 0.200. The first-order valence-electron chi connectivity index (χ1n) is 1.77. The van der Waals surface area contributed by atoms with E-state index in [1.165, 1.54) is 6.08 Å². The summed E-state index contributed by atoms with van der Waals surface area (Å²) in [5.74, 6) is 0. The molecule has 0 aromatic rings. The second-order valence-corrected chi connectivity index (χ2v) is 0.662. The third-order valence-corrected chi connectivity index (χ3v) is 0.271. The lowest BCUT2D eigenvalue weighted by molar-refractivity contribution is -0.104. The summed E-state index contributed by atoms with van der Waals surface area (Å²) in [5.41, 5.74) is 0. The molecule has 2 heteroatoms. The lowest BCUT2D eigenvalue weighted by Crippen LogP contribution is -1.50. The van der Waals surface area contributed by atoms with Crippen LogP contribution in [0.15, 0.2) is 12.2 Å². The average Bonchev–Trinajstić information content (AvgIpc) is 1.75. The zero-order valence-electron chi connectivity index (χ0n) is 4.26. The smallest absolute Gasteiger partial charge is 0.142 e. The molecule has 40 valence electrons. The Labute approximate surface area is 42.8 Å². The normalized spacial score (nSPS) is 7.00. The summed E-state index contributed by atoms with van der Waals surface area (Å²) in [4.78, 5) is 17.3. The molecule has 0 amide bonds. The predicted molar refractivity (Wildman–Crippen MR) is 28.0 cm³/mol. The molecular formula is C5H8O2. The molecule has 0 aliphatic carbocycles. The van der Waals surface area contributed by atoms with Crippen molar-refractivity contribution in [3.8, 4) is 0 Å². The molecule has 0 aliphatic heterocycles. The van der Waals surface area contributed by atoms with Gasteiger partial charge in [0.15, 0.2) is 0 Å². The Bertz CT molecular complexity index is 57.1. The molecule has 0 saturated carbocycles. The van der Waals surface area contributed by atoms with E-state index in [-0.39, 0.29) is 0 Å². The van der Waals surface area contributed by atoms with Crippen molar-refractivity contribution < 1.29 is 9.59 Å². The van der Waals surface area contributed by atoms with E-state index < -0.39 is 0 Å². The lowest BCUT2D eigenvalue weighted by Gasteiger charge is -1.51. The highest BCUT2D eigenvalue weighted by atomic mass is 16.1. The van der Waals surface area contributed by atoms with Crippen LogP contribution in [0.2, 0.25) is 0 Å². The average molecular weight is 100 g/mol. The molecule has 0 aliphatic rings. The molecular weight excluding hydrogens is 92.1 g/mol. The van der Waals surface area contributed by atoms with Crippen molar-refractivity contribution in [2.75, 3.05) is 0 Å². The number of carbonyl (C=O) groups excluding carboxylic acids is 2. The van der Waals surface area contributed by atoms with Gasteiger partial charge in [-0.15, -0.1) is 0 Å². The number of hydrogen-bond donors (Lipinski definition) is 0. The van der Waals surface area contributed by atoms with Crippen LogP contribution < -0.4 is 0 Å². The van der Waals surface area contributed by atoms with Crippen LogP contribution in [0.1, 0.15) is 6.92 Å². The van der Waals surface area contributed by atoms with E-state index in [9.17, 15) is 4.79 Å². The van der Waals surface area contributed by atoms with Crippen LogP contribution in [-0.4, -0.2) is 13.1 Å². The van der Waals surface area contributed by atoms with Gasteiger partial charge in [-0.2, -0.15) is 0 Å². The van der Waals surface area contributed by atoms with Crippen molar-refractivity contribution in [1.29, 1.82) is 0 Å². The minimum Gasteiger partial charge on any atom is -0.307 e. The van der Waals surface area contributed by atoms with Crippen molar-refractivity contribution in [2.45, 2.75) is 6.92 Å². The van der Waals surface area contributed by atoms with Gasteiger partial charge in [0.2, 0.25) is 0 Å². The van der Waals surface area contributed by atoms with Crippen LogP contribution in [-0.2, 0) is 9.59 Å². The molecule has 0 bridgehead atoms. The van der Waals surface area contributed by atoms with Gasteiger partial charge in [-0.1, -0.05) is 6.08 Å². The largest absolute Gasteiger partial charge is 0.307 e. The van der Waals surface area contributed by atoms with Crippen molar-refractivity contribution >= 4 is 13.1 Å². The van der Waals surface area contributed by atoms with Crippen LogP contribution in [0.25, 0.3) is 0 Å². The van der Waals surface area contributed by atoms with Crippen LogP contribution in [0.4, 0.5) is 0 Å². The summed E-state index contributed by atoms with van der Waals surface area (Å²) in [7, 11) is 0. The van der Waals surface area contributed by atoms with E-state index in [4.69, 9.17) is 4.79 Å². The van der Waals surface area contributed by atoms with E-state index in [2.05, 4.69) is 0 Å². The first-order chi connectivity index (χ1) is 3.41. The lowest BCUT2D eigenvalue weighted by atomic mass is 10.6. The predicted octanol–water partition coefficient (Wildman–Crippen LogP) is 0.577. The Kier molecular flexibility index (Phi) is 26.3. The number of aldehydes is 1. The third-order valence-electron chi connectivity index (χ3n) is 0.271. The first-order valence-corrected chi connectivity index (χ1v) is 1.77. The highest BCUT2D eigenvalue weighted by molar-refractivity contribution is 5.64. The van der Waals surface area contributed by atoms with Crippen molar-refractivity contribution in [3.05, 3.63) is 12.2 Å². The Morgan fingerprint density at radius 2 is 1.86 bits per heavy atom. The zero-order chi connectivity index (χ0) is 6.12. The Morgan fingerprint density at radius 1 is 1.43 bits per heavy atom. The van der Waals surface area contributed by atoms with Gasteiger partial charge in [-0.05, 0) is 13.0 Å². The SMILES string of the molecule is C/C=C/C=O.C=O. The topological polar surface area (TPSA) is 34.1 Å². The molecule has 2 nitrogen and oxygen atoms in total. The molecule has 0 rings (SSSR count). The molecule has 0 N–H and O–H groups in total. The minimum absolute atomic E-state index is 0.750. The Hall–Kier alpha value is -0.920. The summed E-state index contributed by atoms with van der Waals surface area (Å²) in [6.45, 7) is 3.80. The second kappa shape index (κ2) is 19.5. The van der Waals surface area contributed by atoms with Gasteiger partial charge in [0, 0.05) is 0 Å². The molecule has 0 aromatic carbocycles. The second-order valence-electron chi connectivity index (χ2n) is 0.662. The maximum absolute atomic E-state index is 9.32. The van der Waals surface area contributed by atoms with Gasteiger partial charge in [0.25, 0.3) is 0 Å². The fourth-order valence-corrected chi connectivity index (χ4v) is 0.0786. The summed E-state index contributed by atoms with van der Waals surface area (Å²) >= 11 is 0. The van der Waals surface area contributed by atoms with Crippen molar-refractivity contribution in [3.63, 3.8) is 0 Å². The number of hydrogen-bond acceptors (Lipinski definition) is 2. The summed E-state index contributed by atoms with van der Waals surface area (Å²) in [6, 6.07) is 0. The maximum Gasteiger partial charge on any atom is 0.142 e. The number of rotatable bonds is 1. The molecule has 0 radical (unpaired) electrons. The van der Waals surface area contributed by atoms with Crippen LogP contribution in [0, 0.1) is 0 Å². The molecule has 0 unspecified atom stereocenters. The van der Waals surface area contributed by atoms with E-state index in [0.717, 1.165) is 6.29 Å². The van der Waals surface area contributed by atoms with Gasteiger partial charge in [0.05, 0.1) is 0 Å². The van der Waals surface area contributed by atoms with Gasteiger partial charge < -0.3 is 4.79 Å². The van der Waals surface area contributed by atoms with Gasteiger partial charge >= 0.3 is 0 Å². The van der Waals surface area contributed by atoms with Crippen LogP contribution in [0.5, 0.6) is 0 Å². The third kappa shape index (κ3) is 41.3. The monoisotopic (exact) mass is 100 g/mol. The molecule has 0 spiro atoms. The standard InChI is InChI=1S/C4H6O.CH2O/c1-2-3-4-5;1-2/h2-4H,1H3;1H2/b3-2+;. The summed E-state index contributed by atoms with van der Waals surface area (Å²) in [6.07, 6.45) is 3.88. The quantitative estimate of drug-likeness (QED) is 0.356. The van der Waals surface area contributed by atoms with Crippen molar-refractivity contribution in [1.82, 2.24) is 0 Å². The molecule has 0 aromatic heterocycles. The molecule has 7 heavy (non-hydrogen) atoms. The molecule has 0 fully saturated rings. The highest BCUT2D eigenvalue weighted by Gasteiger charge is 1.48. The van der Waals surface area contributed by atoms with Gasteiger partial charge in [-0.3, -0.25) is 4.79 Å². The minimum atomic E-state index is 0.750. The van der Waals surface area contributed by atoms with E-state index >= 15 is 0 Å². The highest BCUT2D eigenvalue weighted by Crippen LogP contribution is 1.55.